The van der Waals surface area contributed by atoms with Crippen LogP contribution < -0.4 is 4.74 Å². The number of aliphatic carboxylic acids is 1. The Morgan fingerprint density at radius 3 is 2.60 bits per heavy atom. The predicted molar refractivity (Wildman–Crippen MR) is 61.5 cm³/mol. The van der Waals surface area contributed by atoms with Gasteiger partial charge >= 0.3 is 5.97 Å². The third-order valence-electron chi connectivity index (χ3n) is 2.30. The topological polar surface area (TPSA) is 46.5 Å². The smallest absolute Gasteiger partial charge is 0.307 e. The van der Waals surface area contributed by atoms with Crippen LogP contribution in [0.2, 0.25) is 0 Å². The minimum Gasteiger partial charge on any atom is -0.495 e. The van der Waals surface area contributed by atoms with Gasteiger partial charge in [-0.25, -0.2) is 0 Å². The van der Waals surface area contributed by atoms with Crippen LogP contribution in [-0.4, -0.2) is 18.2 Å². The fourth-order valence-corrected chi connectivity index (χ4v) is 2.25. The summed E-state index contributed by atoms with van der Waals surface area (Å²) in [6, 6.07) is 1.85. The van der Waals surface area contributed by atoms with Crippen molar-refractivity contribution in [2.24, 2.45) is 0 Å². The number of halogens is 1. The number of rotatable bonds is 3. The quantitative estimate of drug-likeness (QED) is 0.921. The van der Waals surface area contributed by atoms with E-state index in [1.807, 2.05) is 19.9 Å². The molecule has 0 unspecified atom stereocenters. The van der Waals surface area contributed by atoms with E-state index < -0.39 is 5.97 Å². The van der Waals surface area contributed by atoms with Gasteiger partial charge in [0.1, 0.15) is 5.75 Å². The van der Waals surface area contributed by atoms with E-state index in [-0.39, 0.29) is 6.42 Å². The van der Waals surface area contributed by atoms with E-state index in [0.717, 1.165) is 26.9 Å². The van der Waals surface area contributed by atoms with Crippen LogP contribution in [0.15, 0.2) is 10.5 Å². The molecule has 0 aliphatic rings. The van der Waals surface area contributed by atoms with Crippen LogP contribution in [0.4, 0.5) is 0 Å². The highest BCUT2D eigenvalue weighted by molar-refractivity contribution is 9.10. The lowest BCUT2D eigenvalue weighted by atomic mass is 10.0. The molecule has 1 N–H and O–H groups in total. The Hall–Kier alpha value is -1.03. The summed E-state index contributed by atoms with van der Waals surface area (Å²) >= 11 is 3.41. The second kappa shape index (κ2) is 4.66. The Morgan fingerprint density at radius 1 is 1.53 bits per heavy atom. The van der Waals surface area contributed by atoms with Gasteiger partial charge in [0.25, 0.3) is 0 Å². The van der Waals surface area contributed by atoms with Crippen LogP contribution in [0, 0.1) is 13.8 Å². The van der Waals surface area contributed by atoms with Gasteiger partial charge in [0.15, 0.2) is 0 Å². The fourth-order valence-electron chi connectivity index (χ4n) is 1.52. The molecular weight excluding hydrogens is 260 g/mol. The molecule has 0 bridgehead atoms. The van der Waals surface area contributed by atoms with Gasteiger partial charge in [-0.15, -0.1) is 0 Å². The Labute approximate surface area is 97.2 Å². The van der Waals surface area contributed by atoms with Crippen molar-refractivity contribution in [1.82, 2.24) is 0 Å². The van der Waals surface area contributed by atoms with Gasteiger partial charge in [-0.2, -0.15) is 0 Å². The van der Waals surface area contributed by atoms with Crippen molar-refractivity contribution < 1.29 is 14.6 Å². The highest BCUT2D eigenvalue weighted by Crippen LogP contribution is 2.34. The van der Waals surface area contributed by atoms with E-state index in [1.54, 1.807) is 7.11 Å². The van der Waals surface area contributed by atoms with Gasteiger partial charge in [0.05, 0.1) is 18.0 Å². The number of carbonyl (C=O) groups is 1. The summed E-state index contributed by atoms with van der Waals surface area (Å²) in [6.07, 6.45) is 0.0370. The summed E-state index contributed by atoms with van der Waals surface area (Å²) in [6.45, 7) is 3.78. The third-order valence-corrected chi connectivity index (χ3v) is 3.26. The fraction of sp³-hybridized carbons (Fsp3) is 0.364. The van der Waals surface area contributed by atoms with Crippen LogP contribution in [0.3, 0.4) is 0 Å². The molecule has 0 fully saturated rings. The second-order valence-electron chi connectivity index (χ2n) is 3.40. The molecule has 0 atom stereocenters. The molecule has 1 rings (SSSR count). The molecule has 1 aromatic carbocycles. The molecule has 0 aromatic heterocycles. The van der Waals surface area contributed by atoms with Crippen molar-refractivity contribution in [1.29, 1.82) is 0 Å². The predicted octanol–water partition coefficient (Wildman–Crippen LogP) is 2.70. The van der Waals surface area contributed by atoms with Crippen LogP contribution in [-0.2, 0) is 11.2 Å². The van der Waals surface area contributed by atoms with Crippen molar-refractivity contribution in [3.05, 3.63) is 27.2 Å². The summed E-state index contributed by atoms with van der Waals surface area (Å²) in [4.78, 5) is 10.7. The summed E-state index contributed by atoms with van der Waals surface area (Å²) in [5.74, 6) is -0.0591. The van der Waals surface area contributed by atoms with Crippen LogP contribution in [0.25, 0.3) is 0 Å². The minimum absolute atomic E-state index is 0.0370. The van der Waals surface area contributed by atoms with Gasteiger partial charge in [-0.1, -0.05) is 6.07 Å². The van der Waals surface area contributed by atoms with Gasteiger partial charge in [0.2, 0.25) is 0 Å². The lowest BCUT2D eigenvalue weighted by Gasteiger charge is -2.13. The van der Waals surface area contributed by atoms with Crippen LogP contribution >= 0.6 is 15.9 Å². The summed E-state index contributed by atoms with van der Waals surface area (Å²) in [5.41, 5.74) is 2.67. The summed E-state index contributed by atoms with van der Waals surface area (Å²) in [7, 11) is 1.60. The van der Waals surface area contributed by atoms with E-state index in [0.29, 0.717) is 0 Å². The summed E-state index contributed by atoms with van der Waals surface area (Å²) in [5, 5.41) is 8.75. The first-order valence-corrected chi connectivity index (χ1v) is 5.31. The molecule has 0 radical (unpaired) electrons. The normalized spacial score (nSPS) is 10.1. The molecule has 0 spiro atoms. The maximum Gasteiger partial charge on any atom is 0.307 e. The average molecular weight is 273 g/mol. The SMILES string of the molecule is COc1c(C)cc(CC(=O)O)c(C)c1Br. The molecule has 0 aliphatic heterocycles. The Bertz CT molecular complexity index is 399. The number of hydrogen-bond acceptors (Lipinski definition) is 2. The monoisotopic (exact) mass is 272 g/mol. The van der Waals surface area contributed by atoms with E-state index in [4.69, 9.17) is 9.84 Å². The third kappa shape index (κ3) is 2.50. The summed E-state index contributed by atoms with van der Waals surface area (Å²) < 4.78 is 6.06. The molecule has 0 saturated carbocycles. The van der Waals surface area contributed by atoms with Gasteiger partial charge in [0, 0.05) is 0 Å². The number of carboxylic acids is 1. The Morgan fingerprint density at radius 2 is 2.13 bits per heavy atom. The molecule has 82 valence electrons. The van der Waals surface area contributed by atoms with Gasteiger partial charge < -0.3 is 9.84 Å². The van der Waals surface area contributed by atoms with Gasteiger partial charge in [-0.05, 0) is 46.5 Å². The molecule has 1 aromatic rings. The molecule has 3 nitrogen and oxygen atoms in total. The highest BCUT2D eigenvalue weighted by atomic mass is 79.9. The number of hydrogen-bond donors (Lipinski definition) is 1. The molecule has 0 aliphatic carbocycles. The number of methoxy groups -OCH3 is 1. The van der Waals surface area contributed by atoms with Crippen LogP contribution in [0.1, 0.15) is 16.7 Å². The number of carboxylic acid groups (broad SMARTS) is 1. The molecule has 0 saturated heterocycles. The minimum atomic E-state index is -0.824. The lowest BCUT2D eigenvalue weighted by molar-refractivity contribution is -0.136. The first kappa shape index (κ1) is 12.0. The molecule has 0 heterocycles. The largest absolute Gasteiger partial charge is 0.495 e. The number of aryl methyl sites for hydroxylation is 1. The standard InChI is InChI=1S/C11H13BrO3/c1-6-4-8(5-9(13)14)7(2)10(12)11(6)15-3/h4H,5H2,1-3H3,(H,13,14). The molecule has 15 heavy (non-hydrogen) atoms. The first-order valence-electron chi connectivity index (χ1n) is 4.51. The highest BCUT2D eigenvalue weighted by Gasteiger charge is 2.13. The zero-order chi connectivity index (χ0) is 11.6. The van der Waals surface area contributed by atoms with Crippen molar-refractivity contribution in [2.75, 3.05) is 7.11 Å². The first-order chi connectivity index (χ1) is 6.97. The van der Waals surface area contributed by atoms with E-state index in [2.05, 4.69) is 15.9 Å². The lowest BCUT2D eigenvalue weighted by Crippen LogP contribution is -2.04. The van der Waals surface area contributed by atoms with Crippen molar-refractivity contribution >= 4 is 21.9 Å². The van der Waals surface area contributed by atoms with Gasteiger partial charge in [-0.3, -0.25) is 4.79 Å². The maximum absolute atomic E-state index is 10.7. The zero-order valence-electron chi connectivity index (χ0n) is 8.93. The number of benzene rings is 1. The molecule has 4 heteroatoms. The van der Waals surface area contributed by atoms with E-state index >= 15 is 0 Å². The van der Waals surface area contributed by atoms with Crippen molar-refractivity contribution in [3.63, 3.8) is 0 Å². The average Bonchev–Trinajstić information content (AvgIpc) is 2.14. The molecule has 0 amide bonds. The van der Waals surface area contributed by atoms with E-state index in [1.165, 1.54) is 0 Å². The zero-order valence-corrected chi connectivity index (χ0v) is 10.5. The number of ether oxygens (including phenoxy) is 1. The molecular formula is C11H13BrO3. The maximum atomic E-state index is 10.7. The second-order valence-corrected chi connectivity index (χ2v) is 4.19. The Kier molecular flexibility index (Phi) is 3.74. The van der Waals surface area contributed by atoms with Crippen LogP contribution in [0.5, 0.6) is 5.75 Å². The van der Waals surface area contributed by atoms with Crippen molar-refractivity contribution in [2.45, 2.75) is 20.3 Å². The van der Waals surface area contributed by atoms with E-state index in [9.17, 15) is 4.79 Å². The Balaban J connectivity index is 3.27. The van der Waals surface area contributed by atoms with Crippen molar-refractivity contribution in [3.8, 4) is 5.75 Å².